The molecule has 0 amide bonds. The molecule has 2 aromatic heterocycles. The molecule has 2 heterocycles. The van der Waals surface area contributed by atoms with Crippen LogP contribution in [0.1, 0.15) is 37.6 Å². The predicted octanol–water partition coefficient (Wildman–Crippen LogP) is 1.12. The fourth-order valence-corrected chi connectivity index (χ4v) is 2.06. The molecule has 6 heteroatoms. The topological polar surface area (TPSA) is 60.6 Å². The molecule has 2 rings (SSSR count). The van der Waals surface area contributed by atoms with Gasteiger partial charge in [0.05, 0.1) is 24.1 Å². The van der Waals surface area contributed by atoms with E-state index in [4.69, 9.17) is 0 Å². The van der Waals surface area contributed by atoms with Gasteiger partial charge in [-0.1, -0.05) is 19.1 Å². The van der Waals surface area contributed by atoms with Crippen molar-refractivity contribution in [2.45, 2.75) is 32.9 Å². The Hall–Kier alpha value is -1.69. The first-order valence-electron chi connectivity index (χ1n) is 6.36. The Kier molecular flexibility index (Phi) is 4.09. The van der Waals surface area contributed by atoms with Crippen LogP contribution in [0.15, 0.2) is 18.6 Å². The predicted molar refractivity (Wildman–Crippen MR) is 69.0 cm³/mol. The van der Waals surface area contributed by atoms with Gasteiger partial charge in [-0.15, -0.1) is 5.10 Å². The first-order chi connectivity index (χ1) is 8.76. The summed E-state index contributed by atoms with van der Waals surface area (Å²) in [6.07, 6.45) is 6.78. The van der Waals surface area contributed by atoms with Crippen LogP contribution in [0.2, 0.25) is 0 Å². The van der Waals surface area contributed by atoms with Crippen LogP contribution in [0.25, 0.3) is 0 Å². The van der Waals surface area contributed by atoms with Gasteiger partial charge in [0.15, 0.2) is 0 Å². The summed E-state index contributed by atoms with van der Waals surface area (Å²) in [4.78, 5) is 0. The lowest BCUT2D eigenvalue weighted by molar-refractivity contribution is 0.511. The van der Waals surface area contributed by atoms with Gasteiger partial charge in [0.2, 0.25) is 0 Å². The molecule has 18 heavy (non-hydrogen) atoms. The maximum atomic E-state index is 4.23. The Morgan fingerprint density at radius 3 is 2.78 bits per heavy atom. The van der Waals surface area contributed by atoms with Crippen LogP contribution in [-0.2, 0) is 13.6 Å². The van der Waals surface area contributed by atoms with Crippen molar-refractivity contribution in [2.24, 2.45) is 7.05 Å². The summed E-state index contributed by atoms with van der Waals surface area (Å²) in [5.74, 6) is 0. The van der Waals surface area contributed by atoms with E-state index in [9.17, 15) is 0 Å². The molecule has 0 bridgehead atoms. The second kappa shape index (κ2) is 5.77. The number of aromatic nitrogens is 5. The van der Waals surface area contributed by atoms with E-state index in [0.29, 0.717) is 0 Å². The molecule has 6 nitrogen and oxygen atoms in total. The quantitative estimate of drug-likeness (QED) is 0.832. The van der Waals surface area contributed by atoms with Crippen molar-refractivity contribution in [3.63, 3.8) is 0 Å². The molecule has 98 valence electrons. The van der Waals surface area contributed by atoms with Crippen LogP contribution in [-0.4, -0.2) is 31.3 Å². The van der Waals surface area contributed by atoms with Crippen LogP contribution in [0, 0.1) is 0 Å². The van der Waals surface area contributed by atoms with Gasteiger partial charge in [-0.3, -0.25) is 4.68 Å². The standard InChI is InChI=1S/C12H20N6/c1-4-6-18-11(8-14-16-18)12(13-5-2)10-7-15-17(3)9-10/h7-9,12-13H,4-6H2,1-3H3. The number of nitrogens with zero attached hydrogens (tertiary/aromatic N) is 5. The van der Waals surface area contributed by atoms with E-state index in [0.717, 1.165) is 30.8 Å². The second-order valence-corrected chi connectivity index (χ2v) is 4.32. The molecule has 0 aromatic carbocycles. The summed E-state index contributed by atoms with van der Waals surface area (Å²) in [6.45, 7) is 6.00. The number of nitrogens with one attached hydrogen (secondary N) is 1. The second-order valence-electron chi connectivity index (χ2n) is 4.32. The van der Waals surface area contributed by atoms with Gasteiger partial charge < -0.3 is 5.32 Å². The molecule has 1 atom stereocenters. The highest BCUT2D eigenvalue weighted by Gasteiger charge is 2.19. The molecule has 0 fully saturated rings. The molecule has 0 aliphatic carbocycles. The molecule has 0 saturated carbocycles. The maximum Gasteiger partial charge on any atom is 0.0803 e. The van der Waals surface area contributed by atoms with Crippen molar-refractivity contribution in [1.82, 2.24) is 30.1 Å². The normalized spacial score (nSPS) is 12.8. The van der Waals surface area contributed by atoms with Crippen molar-refractivity contribution >= 4 is 0 Å². The van der Waals surface area contributed by atoms with E-state index in [2.05, 4.69) is 34.6 Å². The monoisotopic (exact) mass is 248 g/mol. The summed E-state index contributed by atoms with van der Waals surface area (Å²) in [7, 11) is 1.92. The first kappa shape index (κ1) is 12.8. The van der Waals surface area contributed by atoms with Crippen LogP contribution in [0.4, 0.5) is 0 Å². The lowest BCUT2D eigenvalue weighted by Gasteiger charge is -2.17. The summed E-state index contributed by atoms with van der Waals surface area (Å²) >= 11 is 0. The van der Waals surface area contributed by atoms with E-state index in [-0.39, 0.29) is 6.04 Å². The van der Waals surface area contributed by atoms with E-state index < -0.39 is 0 Å². The van der Waals surface area contributed by atoms with E-state index in [1.54, 1.807) is 0 Å². The lowest BCUT2D eigenvalue weighted by atomic mass is 10.1. The Morgan fingerprint density at radius 2 is 2.17 bits per heavy atom. The molecular formula is C12H20N6. The van der Waals surface area contributed by atoms with Gasteiger partial charge in [0.25, 0.3) is 0 Å². The average Bonchev–Trinajstić information content (AvgIpc) is 2.96. The zero-order chi connectivity index (χ0) is 13.0. The highest BCUT2D eigenvalue weighted by molar-refractivity contribution is 5.22. The molecule has 1 N–H and O–H groups in total. The molecule has 1 unspecified atom stereocenters. The van der Waals surface area contributed by atoms with Crippen molar-refractivity contribution in [3.8, 4) is 0 Å². The molecule has 0 spiro atoms. The minimum absolute atomic E-state index is 0.102. The van der Waals surface area contributed by atoms with E-state index in [1.807, 2.05) is 35.0 Å². The smallest absolute Gasteiger partial charge is 0.0803 e. The van der Waals surface area contributed by atoms with Crippen molar-refractivity contribution < 1.29 is 0 Å². The Morgan fingerprint density at radius 1 is 1.33 bits per heavy atom. The van der Waals surface area contributed by atoms with Crippen molar-refractivity contribution in [3.05, 3.63) is 29.8 Å². The Balaban J connectivity index is 2.31. The third kappa shape index (κ3) is 2.59. The van der Waals surface area contributed by atoms with Gasteiger partial charge in [-0.05, 0) is 13.0 Å². The Bertz CT molecular complexity index is 486. The SMILES string of the molecule is CCCn1nncc1C(NCC)c1cnn(C)c1. The highest BCUT2D eigenvalue weighted by atomic mass is 15.4. The van der Waals surface area contributed by atoms with Crippen molar-refractivity contribution in [2.75, 3.05) is 6.54 Å². The van der Waals surface area contributed by atoms with Crippen molar-refractivity contribution in [1.29, 1.82) is 0 Å². The van der Waals surface area contributed by atoms with Gasteiger partial charge in [-0.2, -0.15) is 5.10 Å². The number of hydrogen-bond acceptors (Lipinski definition) is 4. The van der Waals surface area contributed by atoms with Crippen LogP contribution in [0.5, 0.6) is 0 Å². The van der Waals surface area contributed by atoms with E-state index in [1.165, 1.54) is 0 Å². The highest BCUT2D eigenvalue weighted by Crippen LogP contribution is 2.20. The number of aryl methyl sites for hydroxylation is 2. The third-order valence-electron chi connectivity index (χ3n) is 2.85. The fourth-order valence-electron chi connectivity index (χ4n) is 2.06. The third-order valence-corrected chi connectivity index (χ3v) is 2.85. The molecule has 0 aliphatic rings. The molecule has 2 aromatic rings. The first-order valence-corrected chi connectivity index (χ1v) is 6.36. The van der Waals surface area contributed by atoms with E-state index >= 15 is 0 Å². The van der Waals surface area contributed by atoms with Gasteiger partial charge >= 0.3 is 0 Å². The van der Waals surface area contributed by atoms with Gasteiger partial charge in [-0.25, -0.2) is 4.68 Å². The largest absolute Gasteiger partial charge is 0.305 e. The average molecular weight is 248 g/mol. The lowest BCUT2D eigenvalue weighted by Crippen LogP contribution is -2.24. The van der Waals surface area contributed by atoms with Crippen LogP contribution < -0.4 is 5.32 Å². The number of hydrogen-bond donors (Lipinski definition) is 1. The molecular weight excluding hydrogens is 228 g/mol. The zero-order valence-corrected chi connectivity index (χ0v) is 11.2. The van der Waals surface area contributed by atoms with Gasteiger partial charge in [0, 0.05) is 25.4 Å². The number of rotatable bonds is 6. The fraction of sp³-hybridized carbons (Fsp3) is 0.583. The minimum Gasteiger partial charge on any atom is -0.305 e. The van der Waals surface area contributed by atoms with Gasteiger partial charge in [0.1, 0.15) is 0 Å². The maximum absolute atomic E-state index is 4.23. The zero-order valence-electron chi connectivity index (χ0n) is 11.2. The molecule has 0 radical (unpaired) electrons. The molecule has 0 aliphatic heterocycles. The minimum atomic E-state index is 0.102. The summed E-state index contributed by atoms with van der Waals surface area (Å²) < 4.78 is 3.77. The van der Waals surface area contributed by atoms with Crippen LogP contribution >= 0.6 is 0 Å². The molecule has 0 saturated heterocycles. The summed E-state index contributed by atoms with van der Waals surface area (Å²) in [5, 5.41) is 15.9. The summed E-state index contributed by atoms with van der Waals surface area (Å²) in [5.41, 5.74) is 2.23. The Labute approximate surface area is 107 Å². The summed E-state index contributed by atoms with van der Waals surface area (Å²) in [6, 6.07) is 0.102. The van der Waals surface area contributed by atoms with Crippen LogP contribution in [0.3, 0.4) is 0 Å².